The van der Waals surface area contributed by atoms with E-state index in [0.717, 1.165) is 7.11 Å². The highest BCUT2D eigenvalue weighted by Crippen LogP contribution is 2.29. The summed E-state index contributed by atoms with van der Waals surface area (Å²) in [5, 5.41) is -1.21. The van der Waals surface area contributed by atoms with Crippen LogP contribution in [-0.2, 0) is 0 Å². The summed E-state index contributed by atoms with van der Waals surface area (Å²) in [7, 11) is 1.02. The number of carbonyl (C=O) groups excluding carboxylic acids is 1. The van der Waals surface area contributed by atoms with Gasteiger partial charge in [0.25, 0.3) is 10.8 Å². The molecule has 0 saturated heterocycles. The van der Waals surface area contributed by atoms with Crippen molar-refractivity contribution in [2.24, 2.45) is 0 Å². The van der Waals surface area contributed by atoms with E-state index in [0.29, 0.717) is 6.07 Å². The van der Waals surface area contributed by atoms with Gasteiger partial charge in [-0.05, 0) is 11.6 Å². The van der Waals surface area contributed by atoms with Gasteiger partial charge in [0.2, 0.25) is 5.88 Å². The molecule has 9 heteroatoms. The molecule has 1 aromatic rings. The van der Waals surface area contributed by atoms with Gasteiger partial charge in [0.1, 0.15) is 5.56 Å². The third-order valence-corrected chi connectivity index (χ3v) is 1.82. The van der Waals surface area contributed by atoms with Crippen LogP contribution in [0.15, 0.2) is 10.9 Å². The largest absolute Gasteiger partial charge is 0.573 e. The van der Waals surface area contributed by atoms with E-state index in [-0.39, 0.29) is 0 Å². The van der Waals surface area contributed by atoms with Gasteiger partial charge in [0.15, 0.2) is 5.75 Å². The van der Waals surface area contributed by atoms with Crippen LogP contribution >= 0.6 is 11.6 Å². The van der Waals surface area contributed by atoms with Crippen molar-refractivity contribution in [1.29, 1.82) is 0 Å². The molecule has 1 rings (SSSR count). The molecule has 0 bridgehead atoms. The molecular formula is C8H5ClF3NO4. The molecule has 1 aromatic heterocycles. The van der Waals surface area contributed by atoms with E-state index < -0.39 is 34.4 Å². The number of aromatic amines is 1. The Kier molecular flexibility index (Phi) is 3.66. The first-order valence-electron chi connectivity index (χ1n) is 4.01. The van der Waals surface area contributed by atoms with Gasteiger partial charge in [0.05, 0.1) is 7.11 Å². The Morgan fingerprint density at radius 3 is 2.47 bits per heavy atom. The van der Waals surface area contributed by atoms with Gasteiger partial charge >= 0.3 is 6.36 Å². The molecule has 0 atom stereocenters. The van der Waals surface area contributed by atoms with Gasteiger partial charge < -0.3 is 9.47 Å². The molecule has 0 radical (unpaired) electrons. The minimum Gasteiger partial charge on any atom is -0.480 e. The highest BCUT2D eigenvalue weighted by Gasteiger charge is 2.33. The maximum Gasteiger partial charge on any atom is 0.573 e. The minimum absolute atomic E-state index is 0.556. The molecule has 5 nitrogen and oxygen atoms in total. The van der Waals surface area contributed by atoms with Gasteiger partial charge in [-0.1, -0.05) is 0 Å². The third-order valence-electron chi connectivity index (χ3n) is 1.61. The summed E-state index contributed by atoms with van der Waals surface area (Å²) in [6.45, 7) is 0. The third kappa shape index (κ3) is 3.38. The van der Waals surface area contributed by atoms with Crippen LogP contribution in [0.5, 0.6) is 11.6 Å². The van der Waals surface area contributed by atoms with Crippen LogP contribution in [0, 0.1) is 0 Å². The van der Waals surface area contributed by atoms with Crippen molar-refractivity contribution in [2.45, 2.75) is 6.36 Å². The van der Waals surface area contributed by atoms with Gasteiger partial charge in [-0.25, -0.2) is 0 Å². The SMILES string of the molecule is COc1[nH]c(=O)c(C(=O)Cl)cc1OC(F)(F)F. The first-order chi connectivity index (χ1) is 7.74. The molecule has 0 aliphatic heterocycles. The van der Waals surface area contributed by atoms with Crippen LogP contribution < -0.4 is 15.0 Å². The van der Waals surface area contributed by atoms with Gasteiger partial charge in [-0.3, -0.25) is 14.6 Å². The van der Waals surface area contributed by atoms with Gasteiger partial charge in [-0.2, -0.15) is 0 Å². The predicted octanol–water partition coefficient (Wildman–Crippen LogP) is 1.66. The highest BCUT2D eigenvalue weighted by atomic mass is 35.5. The number of H-pyrrole nitrogens is 1. The van der Waals surface area contributed by atoms with Crippen molar-refractivity contribution in [3.05, 3.63) is 22.0 Å². The molecule has 94 valence electrons. The fourth-order valence-electron chi connectivity index (χ4n) is 0.992. The zero-order chi connectivity index (χ0) is 13.2. The quantitative estimate of drug-likeness (QED) is 0.849. The molecule has 0 unspecified atom stereocenters. The average Bonchev–Trinajstić information content (AvgIpc) is 2.17. The maximum atomic E-state index is 12.0. The highest BCUT2D eigenvalue weighted by molar-refractivity contribution is 6.67. The number of carbonyl (C=O) groups is 1. The number of ether oxygens (including phenoxy) is 2. The van der Waals surface area contributed by atoms with Crippen molar-refractivity contribution >= 4 is 16.8 Å². The Bertz CT molecular complexity index is 497. The lowest BCUT2D eigenvalue weighted by Crippen LogP contribution is -2.21. The van der Waals surface area contributed by atoms with Gasteiger partial charge in [0, 0.05) is 6.07 Å². The fourth-order valence-corrected chi connectivity index (χ4v) is 1.13. The standard InChI is InChI=1S/C8H5ClF3NO4/c1-16-7-4(17-8(10,11)12)2-3(5(9)14)6(15)13-7/h2H,1H3,(H,13,15). The molecule has 17 heavy (non-hydrogen) atoms. The zero-order valence-corrected chi connectivity index (χ0v) is 8.98. The summed E-state index contributed by atoms with van der Waals surface area (Å²) < 4.78 is 44.0. The van der Waals surface area contributed by atoms with Crippen LogP contribution in [0.4, 0.5) is 13.2 Å². The van der Waals surface area contributed by atoms with Crippen molar-refractivity contribution < 1.29 is 27.4 Å². The number of alkyl halides is 3. The van der Waals surface area contributed by atoms with E-state index in [1.165, 1.54) is 0 Å². The van der Waals surface area contributed by atoms with Crippen molar-refractivity contribution in [3.63, 3.8) is 0 Å². The Labute approximate surface area is 97.1 Å². The number of rotatable bonds is 3. The summed E-state index contributed by atoms with van der Waals surface area (Å²) in [6.07, 6.45) is -4.99. The molecule has 0 amide bonds. The summed E-state index contributed by atoms with van der Waals surface area (Å²) in [5.74, 6) is -1.42. The van der Waals surface area contributed by atoms with Gasteiger partial charge in [-0.15, -0.1) is 13.2 Å². The number of hydrogen-bond acceptors (Lipinski definition) is 4. The van der Waals surface area contributed by atoms with E-state index in [2.05, 4.69) is 9.47 Å². The van der Waals surface area contributed by atoms with Crippen LogP contribution in [-0.4, -0.2) is 23.7 Å². The van der Waals surface area contributed by atoms with Crippen molar-refractivity contribution in [3.8, 4) is 11.6 Å². The van der Waals surface area contributed by atoms with E-state index >= 15 is 0 Å². The zero-order valence-electron chi connectivity index (χ0n) is 8.22. The average molecular weight is 272 g/mol. The minimum atomic E-state index is -4.99. The molecule has 1 heterocycles. The monoisotopic (exact) mass is 271 g/mol. The lowest BCUT2D eigenvalue weighted by Gasteiger charge is -2.12. The van der Waals surface area contributed by atoms with E-state index in [4.69, 9.17) is 11.6 Å². The Balaban J connectivity index is 3.32. The molecule has 0 aromatic carbocycles. The Hall–Kier alpha value is -1.70. The lowest BCUT2D eigenvalue weighted by atomic mass is 10.3. The normalized spacial score (nSPS) is 11.1. The number of nitrogens with one attached hydrogen (secondary N) is 1. The number of pyridine rings is 1. The Morgan fingerprint density at radius 2 is 2.06 bits per heavy atom. The molecule has 0 fully saturated rings. The molecule has 0 aliphatic carbocycles. The van der Waals surface area contributed by atoms with E-state index in [1.54, 1.807) is 0 Å². The summed E-state index contributed by atoms with van der Waals surface area (Å²) in [4.78, 5) is 23.8. The van der Waals surface area contributed by atoms with Crippen LogP contribution in [0.25, 0.3) is 0 Å². The van der Waals surface area contributed by atoms with Crippen molar-refractivity contribution in [1.82, 2.24) is 4.98 Å². The second-order valence-corrected chi connectivity index (χ2v) is 3.07. The first kappa shape index (κ1) is 13.4. The number of aromatic nitrogens is 1. The van der Waals surface area contributed by atoms with Crippen LogP contribution in [0.3, 0.4) is 0 Å². The predicted molar refractivity (Wildman–Crippen MR) is 50.5 cm³/mol. The molecule has 0 aliphatic rings. The summed E-state index contributed by atoms with van der Waals surface area (Å²) in [5.41, 5.74) is -1.65. The number of hydrogen-bond donors (Lipinski definition) is 1. The number of methoxy groups -OCH3 is 1. The summed E-state index contributed by atoms with van der Waals surface area (Å²) >= 11 is 5.01. The fraction of sp³-hybridized carbons (Fsp3) is 0.250. The van der Waals surface area contributed by atoms with E-state index in [9.17, 15) is 22.8 Å². The Morgan fingerprint density at radius 1 is 1.47 bits per heavy atom. The first-order valence-corrected chi connectivity index (χ1v) is 4.39. The second kappa shape index (κ2) is 4.66. The molecular weight excluding hydrogens is 267 g/mol. The molecule has 1 N–H and O–H groups in total. The summed E-state index contributed by atoms with van der Waals surface area (Å²) in [6, 6.07) is 0.556. The topological polar surface area (TPSA) is 68.4 Å². The van der Waals surface area contributed by atoms with Crippen LogP contribution in [0.2, 0.25) is 0 Å². The second-order valence-electron chi connectivity index (χ2n) is 2.73. The van der Waals surface area contributed by atoms with E-state index in [1.807, 2.05) is 4.98 Å². The van der Waals surface area contributed by atoms with Crippen molar-refractivity contribution in [2.75, 3.05) is 7.11 Å². The molecule has 0 spiro atoms. The smallest absolute Gasteiger partial charge is 0.480 e. The lowest BCUT2D eigenvalue weighted by molar-refractivity contribution is -0.275. The maximum absolute atomic E-state index is 12.0. The number of halogens is 4. The van der Waals surface area contributed by atoms with Crippen LogP contribution in [0.1, 0.15) is 10.4 Å². The molecule has 0 saturated carbocycles.